The molecule has 1 aliphatic rings. The first kappa shape index (κ1) is 27.9. The maximum atomic E-state index is 14.6. The first-order chi connectivity index (χ1) is 19.3. The van der Waals surface area contributed by atoms with Gasteiger partial charge in [-0.15, -0.1) is 0 Å². The number of benzene rings is 2. The monoisotopic (exact) mass is 572 g/mol. The first-order valence-corrected chi connectivity index (χ1v) is 12.3. The third kappa shape index (κ3) is 4.61. The molecule has 2 amide bonds. The van der Waals surface area contributed by atoms with Gasteiger partial charge in [0.15, 0.2) is 0 Å². The Kier molecular flexibility index (Phi) is 6.65. The molecule has 0 radical (unpaired) electrons. The summed E-state index contributed by atoms with van der Waals surface area (Å²) < 4.78 is 68.2. The number of nitrogens with two attached hydrogens (primary N) is 1. The third-order valence-electron chi connectivity index (χ3n) is 7.21. The number of hydrogen-bond acceptors (Lipinski definition) is 6. The first-order valence-electron chi connectivity index (χ1n) is 12.3. The minimum atomic E-state index is -5.34. The van der Waals surface area contributed by atoms with Crippen molar-refractivity contribution in [2.45, 2.75) is 24.1 Å². The van der Waals surface area contributed by atoms with Crippen LogP contribution >= 0.6 is 0 Å². The molecule has 0 saturated carbocycles. The summed E-state index contributed by atoms with van der Waals surface area (Å²) in [6, 6.07) is 12.0. The molecule has 2 aromatic carbocycles. The number of halogens is 4. The second kappa shape index (κ2) is 9.77. The highest BCUT2D eigenvalue weighted by Crippen LogP contribution is 2.47. The van der Waals surface area contributed by atoms with Gasteiger partial charge in [0.1, 0.15) is 40.7 Å². The van der Waals surface area contributed by atoms with Gasteiger partial charge in [-0.05, 0) is 49.4 Å². The SMILES string of the molecule is COc1cccc2cc(C(=O)NCC(O)(c3cc4c(c(-c5ccc(F)cc5)n3)OC[C@]4(C)C(N)=O)C(F)(F)F)[nH]c12. The minimum absolute atomic E-state index is 0.0257. The Hall–Kier alpha value is -4.65. The van der Waals surface area contributed by atoms with E-state index in [1.165, 1.54) is 32.2 Å². The van der Waals surface area contributed by atoms with Crippen molar-refractivity contribution in [3.8, 4) is 22.8 Å². The van der Waals surface area contributed by atoms with Crippen LogP contribution in [0.15, 0.2) is 54.6 Å². The van der Waals surface area contributed by atoms with Gasteiger partial charge in [0.05, 0.1) is 24.9 Å². The summed E-state index contributed by atoms with van der Waals surface area (Å²) in [5.41, 5.74) is -0.260. The van der Waals surface area contributed by atoms with Crippen LogP contribution in [0.2, 0.25) is 0 Å². The van der Waals surface area contributed by atoms with E-state index < -0.39 is 47.1 Å². The van der Waals surface area contributed by atoms with Gasteiger partial charge in [0.2, 0.25) is 11.5 Å². The molecule has 3 heterocycles. The fourth-order valence-electron chi connectivity index (χ4n) is 4.66. The van der Waals surface area contributed by atoms with Crippen molar-refractivity contribution in [1.29, 1.82) is 0 Å². The maximum absolute atomic E-state index is 14.6. The van der Waals surface area contributed by atoms with Crippen LogP contribution < -0.4 is 20.5 Å². The Balaban J connectivity index is 1.58. The minimum Gasteiger partial charge on any atom is -0.495 e. The van der Waals surface area contributed by atoms with Crippen molar-refractivity contribution < 1.29 is 41.7 Å². The van der Waals surface area contributed by atoms with Crippen LogP contribution in [0.5, 0.6) is 11.5 Å². The number of primary amides is 1. The Morgan fingerprint density at radius 3 is 2.54 bits per heavy atom. The lowest BCUT2D eigenvalue weighted by Crippen LogP contribution is -2.52. The smallest absolute Gasteiger partial charge is 0.424 e. The molecular weight excluding hydrogens is 548 g/mol. The molecule has 4 aromatic rings. The van der Waals surface area contributed by atoms with Crippen molar-refractivity contribution in [1.82, 2.24) is 15.3 Å². The second-order valence-electron chi connectivity index (χ2n) is 9.87. The van der Waals surface area contributed by atoms with Gasteiger partial charge in [-0.3, -0.25) is 9.59 Å². The molecule has 2 aromatic heterocycles. The zero-order valence-corrected chi connectivity index (χ0v) is 21.7. The lowest BCUT2D eigenvalue weighted by atomic mass is 9.81. The number of aromatic nitrogens is 2. The number of methoxy groups -OCH3 is 1. The number of carbonyl (C=O) groups excluding carboxylic acids is 2. The molecular formula is C28H24F4N4O5. The van der Waals surface area contributed by atoms with E-state index in [-0.39, 0.29) is 34.9 Å². The molecule has 0 bridgehead atoms. The summed E-state index contributed by atoms with van der Waals surface area (Å²) in [6.07, 6.45) is -5.34. The van der Waals surface area contributed by atoms with Crippen molar-refractivity contribution in [3.05, 3.63) is 77.4 Å². The average Bonchev–Trinajstić information content (AvgIpc) is 3.53. The molecule has 2 atom stereocenters. The zero-order valence-electron chi connectivity index (χ0n) is 21.7. The molecule has 5 N–H and O–H groups in total. The number of ether oxygens (including phenoxy) is 2. The highest BCUT2D eigenvalue weighted by molar-refractivity contribution is 5.99. The number of aromatic amines is 1. The summed E-state index contributed by atoms with van der Waals surface area (Å²) in [5, 5.41) is 13.8. The lowest BCUT2D eigenvalue weighted by Gasteiger charge is -2.31. The van der Waals surface area contributed by atoms with Crippen molar-refractivity contribution >= 4 is 22.7 Å². The van der Waals surface area contributed by atoms with Crippen LogP contribution in [0.1, 0.15) is 28.7 Å². The number of amides is 2. The van der Waals surface area contributed by atoms with Crippen LogP contribution in [0.25, 0.3) is 22.2 Å². The average molecular weight is 573 g/mol. The molecule has 5 rings (SSSR count). The predicted molar refractivity (Wildman–Crippen MR) is 139 cm³/mol. The molecule has 1 unspecified atom stereocenters. The summed E-state index contributed by atoms with van der Waals surface area (Å²) in [6.45, 7) is -0.232. The fourth-order valence-corrected chi connectivity index (χ4v) is 4.66. The van der Waals surface area contributed by atoms with Crippen LogP contribution in [0.3, 0.4) is 0 Å². The quantitative estimate of drug-likeness (QED) is 0.249. The molecule has 0 aliphatic carbocycles. The summed E-state index contributed by atoms with van der Waals surface area (Å²) >= 11 is 0. The second-order valence-corrected chi connectivity index (χ2v) is 9.87. The van der Waals surface area contributed by atoms with Crippen LogP contribution in [-0.4, -0.2) is 53.3 Å². The van der Waals surface area contributed by atoms with Crippen molar-refractivity contribution in [2.75, 3.05) is 20.3 Å². The van der Waals surface area contributed by atoms with Crippen LogP contribution in [-0.2, 0) is 15.8 Å². The highest BCUT2D eigenvalue weighted by Gasteiger charge is 2.57. The molecule has 41 heavy (non-hydrogen) atoms. The van der Waals surface area contributed by atoms with Gasteiger partial charge in [-0.1, -0.05) is 12.1 Å². The number of pyridine rings is 1. The number of nitrogens with one attached hydrogen (secondary N) is 2. The summed E-state index contributed by atoms with van der Waals surface area (Å²) in [7, 11) is 1.43. The Morgan fingerprint density at radius 1 is 1.20 bits per heavy atom. The normalized spacial score (nSPS) is 17.9. The van der Waals surface area contributed by atoms with Gasteiger partial charge in [0, 0.05) is 16.5 Å². The standard InChI is InChI=1S/C28H24F4N4O5/c1-26(25(33)38)13-41-23-17(26)11-20(36-22(23)14-6-8-16(29)9-7-14)27(39,28(30,31)32)12-34-24(37)18-10-15-4-3-5-19(40-2)21(15)35-18/h3-11,35,39H,12-13H2,1-2H3,(H2,33,38)(H,34,37)/t26-,27?/m0/s1. The topological polar surface area (TPSA) is 140 Å². The maximum Gasteiger partial charge on any atom is 0.424 e. The fraction of sp³-hybridized carbons (Fsp3) is 0.250. The van der Waals surface area contributed by atoms with Gasteiger partial charge in [-0.25, -0.2) is 9.37 Å². The number of aliphatic hydroxyl groups is 1. The zero-order chi connectivity index (χ0) is 29.7. The van der Waals surface area contributed by atoms with Gasteiger partial charge >= 0.3 is 6.18 Å². The van der Waals surface area contributed by atoms with E-state index in [9.17, 15) is 32.3 Å². The third-order valence-corrected chi connectivity index (χ3v) is 7.21. The highest BCUT2D eigenvalue weighted by atomic mass is 19.4. The molecule has 214 valence electrons. The summed E-state index contributed by atoms with van der Waals surface area (Å²) in [5.74, 6) is -2.02. The number of nitrogens with zero attached hydrogens (tertiary/aromatic N) is 1. The molecule has 13 heteroatoms. The van der Waals surface area contributed by atoms with Crippen LogP contribution in [0.4, 0.5) is 17.6 Å². The van der Waals surface area contributed by atoms with Crippen molar-refractivity contribution in [2.24, 2.45) is 5.73 Å². The molecule has 9 nitrogen and oxygen atoms in total. The summed E-state index contributed by atoms with van der Waals surface area (Å²) in [4.78, 5) is 32.1. The molecule has 0 spiro atoms. The van der Waals surface area contributed by atoms with Gasteiger partial charge in [0.25, 0.3) is 5.91 Å². The van der Waals surface area contributed by atoms with E-state index in [0.29, 0.717) is 16.7 Å². The van der Waals surface area contributed by atoms with E-state index in [1.807, 2.05) is 0 Å². The van der Waals surface area contributed by atoms with E-state index >= 15 is 0 Å². The number of carbonyl (C=O) groups is 2. The molecule has 1 aliphatic heterocycles. The number of para-hydroxylation sites is 1. The number of alkyl halides is 3. The van der Waals surface area contributed by atoms with E-state index in [1.54, 1.807) is 18.2 Å². The van der Waals surface area contributed by atoms with Crippen molar-refractivity contribution in [3.63, 3.8) is 0 Å². The number of H-pyrrole nitrogens is 1. The Bertz CT molecular complexity index is 1670. The lowest BCUT2D eigenvalue weighted by molar-refractivity contribution is -0.265. The van der Waals surface area contributed by atoms with E-state index in [4.69, 9.17) is 15.2 Å². The van der Waals surface area contributed by atoms with Gasteiger partial charge in [-0.2, -0.15) is 13.2 Å². The number of hydrogen-bond donors (Lipinski definition) is 4. The van der Waals surface area contributed by atoms with E-state index in [0.717, 1.165) is 18.2 Å². The predicted octanol–water partition coefficient (Wildman–Crippen LogP) is 3.69. The van der Waals surface area contributed by atoms with Gasteiger partial charge < -0.3 is 30.6 Å². The number of fused-ring (bicyclic) bond motifs is 2. The van der Waals surface area contributed by atoms with Crippen LogP contribution in [0, 0.1) is 5.82 Å². The molecule has 0 fully saturated rings. The Labute approximate surface area is 230 Å². The largest absolute Gasteiger partial charge is 0.495 e. The molecule has 0 saturated heterocycles. The number of rotatable bonds is 7. The van der Waals surface area contributed by atoms with E-state index in [2.05, 4.69) is 15.3 Å². The Morgan fingerprint density at radius 2 is 1.90 bits per heavy atom.